The second kappa shape index (κ2) is 31.0. The molecule has 105 heavy (non-hydrogen) atoms. The SMILES string of the molecule is [2H]C([2H])([2H])Oc1cc2ncnc(Nc3cccc(C#C)c3F)c2cc1OC1CCN(C2COC2)CC1(F)F.[2H]C([2H])([2H])Oc1cc2ncnc(Nc3cccc(C#C)c3F)c2cc1O[C@@H]1CCN(C2COC2)CC1(F)F.[2H]C([2H])([2H])Oc1cc2ncnc(Nc3cccc(C#C)c3F)c2cc1O[C@H]1CCN(C2COC2)CC1(F)F. The lowest BCUT2D eigenvalue weighted by Crippen LogP contribution is -2.60. The number of terminal acetylenes is 3. The summed E-state index contributed by atoms with van der Waals surface area (Å²) < 4.78 is 250. The van der Waals surface area contributed by atoms with Crippen molar-refractivity contribution in [2.24, 2.45) is 0 Å². The van der Waals surface area contributed by atoms with Crippen molar-refractivity contribution < 1.29 is 94.5 Å². The zero-order chi connectivity index (χ0) is 81.2. The summed E-state index contributed by atoms with van der Waals surface area (Å²) in [6.45, 7) is 1.96. The molecular formula is C75H69F9N12O9. The Balaban J connectivity index is 0.000000149. The van der Waals surface area contributed by atoms with E-state index in [2.05, 4.69) is 63.6 Å². The average molecular weight is 1460 g/mol. The van der Waals surface area contributed by atoms with Gasteiger partial charge in [-0.1, -0.05) is 36.0 Å². The Morgan fingerprint density at radius 3 is 0.952 bits per heavy atom. The number of rotatable bonds is 18. The van der Waals surface area contributed by atoms with Crippen LogP contribution in [0.2, 0.25) is 0 Å². The Morgan fingerprint density at radius 1 is 0.429 bits per heavy atom. The summed E-state index contributed by atoms with van der Waals surface area (Å²) in [7, 11) is -8.64. The first-order valence-electron chi connectivity index (χ1n) is 37.2. The van der Waals surface area contributed by atoms with Crippen molar-refractivity contribution in [3.63, 3.8) is 0 Å². The molecule has 3 aromatic heterocycles. The number of aromatic nitrogens is 6. The number of nitrogens with one attached hydrogen (secondary N) is 3. The quantitative estimate of drug-likeness (QED) is 0.0539. The van der Waals surface area contributed by atoms with Gasteiger partial charge in [-0.05, 0) is 54.6 Å². The molecule has 0 aliphatic carbocycles. The zero-order valence-corrected chi connectivity index (χ0v) is 55.3. The normalized spacial score (nSPS) is 21.8. The maximum atomic E-state index is 15.1. The number of benzene rings is 6. The van der Waals surface area contributed by atoms with E-state index in [-0.39, 0.29) is 156 Å². The number of hydrogen-bond donors (Lipinski definition) is 3. The number of anilines is 6. The van der Waals surface area contributed by atoms with E-state index in [9.17, 15) is 13.2 Å². The minimum absolute atomic E-state index is 0.00473. The molecule has 0 saturated carbocycles. The van der Waals surface area contributed by atoms with Crippen molar-refractivity contribution in [1.29, 1.82) is 0 Å². The summed E-state index contributed by atoms with van der Waals surface area (Å²) in [5.74, 6) is -6.13. The number of nitrogens with zero attached hydrogens (tertiary/aromatic N) is 9. The zero-order valence-electron chi connectivity index (χ0n) is 64.3. The van der Waals surface area contributed by atoms with E-state index in [1.807, 2.05) is 0 Å². The van der Waals surface area contributed by atoms with Crippen molar-refractivity contribution in [2.45, 2.75) is 73.5 Å². The predicted molar refractivity (Wildman–Crippen MR) is 372 cm³/mol. The van der Waals surface area contributed by atoms with E-state index in [4.69, 9.17) is 74.2 Å². The first-order chi connectivity index (χ1) is 54.1. The molecule has 1 unspecified atom stereocenters. The van der Waals surface area contributed by atoms with Gasteiger partial charge < -0.3 is 58.6 Å². The molecule has 3 atom stereocenters. The van der Waals surface area contributed by atoms with Gasteiger partial charge in [0.15, 0.2) is 70.3 Å². The van der Waals surface area contributed by atoms with Crippen molar-refractivity contribution in [2.75, 3.05) is 116 Å². The summed E-state index contributed by atoms with van der Waals surface area (Å²) >= 11 is 0. The van der Waals surface area contributed by atoms with Crippen LogP contribution in [0.1, 0.15) is 48.3 Å². The molecule has 6 saturated heterocycles. The Bertz CT molecular complexity index is 4690. The van der Waals surface area contributed by atoms with Gasteiger partial charge in [-0.2, -0.15) is 0 Å². The third-order valence-corrected chi connectivity index (χ3v) is 18.6. The van der Waals surface area contributed by atoms with Crippen molar-refractivity contribution >= 4 is 67.2 Å². The van der Waals surface area contributed by atoms with Crippen LogP contribution in [-0.2, 0) is 14.2 Å². The number of piperidine rings is 3. The van der Waals surface area contributed by atoms with E-state index in [1.54, 1.807) is 32.9 Å². The summed E-state index contributed by atoms with van der Waals surface area (Å²) in [5.41, 5.74) is 0.852. The number of fused-ring (bicyclic) bond motifs is 3. The summed E-state index contributed by atoms with van der Waals surface area (Å²) in [6.07, 6.45) is 15.0. The topological polar surface area (TPSA) is 206 Å². The lowest BCUT2D eigenvalue weighted by atomic mass is 10.0. The maximum Gasteiger partial charge on any atom is 0.296 e. The standard InChI is InChI=1S/3C25H23F3N4O3/c3*1-3-15-5-4-6-18(23(15)26)31-24-17-9-21(20(33-2)10-19(17)29-14-30-24)35-22-7-8-32(13-25(22,27)28)16-11-34-12-16/h3*1,4-6,9-10,14,16,22H,7-8,11-13H2,2H3,(H,29,30,31)/t2*22-;/m10./s1/i3*2D3. The highest BCUT2D eigenvalue weighted by Crippen LogP contribution is 2.44. The molecule has 0 spiro atoms. The van der Waals surface area contributed by atoms with Crippen molar-refractivity contribution in [3.8, 4) is 71.5 Å². The fourth-order valence-corrected chi connectivity index (χ4v) is 12.6. The molecule has 30 heteroatoms. The minimum atomic E-state index is -3.23. The van der Waals surface area contributed by atoms with Crippen LogP contribution in [0.3, 0.4) is 0 Å². The molecule has 21 nitrogen and oxygen atoms in total. The highest BCUT2D eigenvalue weighted by Gasteiger charge is 2.52. The number of likely N-dealkylation sites (tertiary alicyclic amines) is 3. The molecule has 0 amide bonds. The highest BCUT2D eigenvalue weighted by molar-refractivity contribution is 5.95. The first-order valence-corrected chi connectivity index (χ1v) is 32.7. The van der Waals surface area contributed by atoms with Crippen LogP contribution in [0.4, 0.5) is 74.0 Å². The smallest absolute Gasteiger partial charge is 0.296 e. The Morgan fingerprint density at radius 2 is 0.714 bits per heavy atom. The lowest BCUT2D eigenvalue weighted by molar-refractivity contribution is -0.170. The van der Waals surface area contributed by atoms with Crippen LogP contribution in [0.25, 0.3) is 32.7 Å². The fourth-order valence-electron chi connectivity index (χ4n) is 12.6. The largest absolute Gasteiger partial charge is 0.493 e. The monoisotopic (exact) mass is 1460 g/mol. The van der Waals surface area contributed by atoms with Crippen LogP contribution >= 0.6 is 0 Å². The first kappa shape index (κ1) is 61.8. The van der Waals surface area contributed by atoms with Crippen LogP contribution in [0, 0.1) is 54.5 Å². The van der Waals surface area contributed by atoms with Gasteiger partial charge in [0.25, 0.3) is 17.8 Å². The van der Waals surface area contributed by atoms with Gasteiger partial charge in [0.05, 0.1) is 161 Å². The number of alkyl halides is 6. The van der Waals surface area contributed by atoms with Gasteiger partial charge in [-0.3, -0.25) is 14.7 Å². The van der Waals surface area contributed by atoms with Gasteiger partial charge in [-0.25, -0.2) is 69.4 Å². The summed E-state index contributed by atoms with van der Waals surface area (Å²) in [6, 6.07) is 20.9. The lowest BCUT2D eigenvalue weighted by Gasteiger charge is -2.44. The van der Waals surface area contributed by atoms with Crippen LogP contribution in [0.5, 0.6) is 34.5 Å². The molecule has 6 aromatic carbocycles. The second-order valence-corrected chi connectivity index (χ2v) is 25.2. The fraction of sp³-hybridized carbons (Fsp3) is 0.360. The van der Waals surface area contributed by atoms with Crippen LogP contribution < -0.4 is 44.4 Å². The molecule has 6 aliphatic rings. The maximum absolute atomic E-state index is 15.1. The predicted octanol–water partition coefficient (Wildman–Crippen LogP) is 12.0. The average Bonchev–Trinajstić information content (AvgIpc) is 0.773. The van der Waals surface area contributed by atoms with E-state index in [0.717, 1.165) is 0 Å². The Labute approximate surface area is 609 Å². The van der Waals surface area contributed by atoms with Gasteiger partial charge >= 0.3 is 0 Å². The number of methoxy groups -OCH3 is 3. The highest BCUT2D eigenvalue weighted by atomic mass is 19.3. The number of halogens is 9. The molecule has 6 fully saturated rings. The third-order valence-electron chi connectivity index (χ3n) is 18.6. The van der Waals surface area contributed by atoms with Crippen LogP contribution in [-0.4, -0.2) is 199 Å². The third kappa shape index (κ3) is 15.6. The minimum Gasteiger partial charge on any atom is -0.493 e. The number of ether oxygens (including phenoxy) is 9. The van der Waals surface area contributed by atoms with Gasteiger partial charge in [0, 0.05) is 73.3 Å². The molecular weight excluding hydrogens is 1380 g/mol. The Hall–Kier alpha value is -10.7. The molecule has 6 aliphatic heterocycles. The van der Waals surface area contributed by atoms with Crippen LogP contribution in [0.15, 0.2) is 110 Å². The molecule has 9 heterocycles. The summed E-state index contributed by atoms with van der Waals surface area (Å²) in [4.78, 5) is 29.8. The molecule has 9 aromatic rings. The van der Waals surface area contributed by atoms with E-state index in [1.165, 1.54) is 91.8 Å². The summed E-state index contributed by atoms with van der Waals surface area (Å²) in [5, 5.41) is 9.31. The molecule has 0 radical (unpaired) electrons. The van der Waals surface area contributed by atoms with Gasteiger partial charge in [0.1, 0.15) is 36.4 Å². The van der Waals surface area contributed by atoms with Crippen molar-refractivity contribution in [3.05, 3.63) is 144 Å². The Kier molecular flexibility index (Phi) is 18.2. The molecule has 15 rings (SSSR count). The molecule has 0 bridgehead atoms. The van der Waals surface area contributed by atoms with E-state index < -0.39 is 94.3 Å². The van der Waals surface area contributed by atoms with Gasteiger partial charge in [-0.15, -0.1) is 19.3 Å². The van der Waals surface area contributed by atoms with E-state index >= 15 is 26.3 Å². The molecule has 546 valence electrons. The molecule has 3 N–H and O–H groups in total. The second-order valence-electron chi connectivity index (χ2n) is 25.2. The van der Waals surface area contributed by atoms with Gasteiger partial charge in [0.2, 0.25) is 0 Å². The van der Waals surface area contributed by atoms with E-state index in [0.29, 0.717) is 59.3 Å². The number of hydrogen-bond acceptors (Lipinski definition) is 21. The van der Waals surface area contributed by atoms with Crippen molar-refractivity contribution in [1.82, 2.24) is 44.6 Å².